The number of alkyl halides is 3. The van der Waals surface area contributed by atoms with Gasteiger partial charge in [0, 0.05) is 0 Å². The van der Waals surface area contributed by atoms with Crippen LogP contribution in [0.1, 0.15) is 24.5 Å². The second kappa shape index (κ2) is 7.79. The van der Waals surface area contributed by atoms with Gasteiger partial charge in [-0.2, -0.15) is 13.2 Å². The molecule has 1 fully saturated rings. The molecule has 0 saturated carbocycles. The Bertz CT molecular complexity index is 500. The Hall–Kier alpha value is -1.60. The summed E-state index contributed by atoms with van der Waals surface area (Å²) in [6, 6.07) is 9.39. The number of carbonyl (C=O) groups is 1. The normalized spacial score (nSPS) is 18.6. The number of rotatable bonds is 5. The van der Waals surface area contributed by atoms with Gasteiger partial charge in [-0.25, -0.2) is 0 Å². The van der Waals surface area contributed by atoms with E-state index in [0.717, 1.165) is 5.56 Å². The van der Waals surface area contributed by atoms with Gasteiger partial charge in [0.15, 0.2) is 0 Å². The second-order valence-electron chi connectivity index (χ2n) is 5.86. The standard InChI is InChI=1S/C16H21F3N2O2/c17-16(18,19)11-20-14(22)10-21-8-6-13(7-9-21)15(23)12-4-2-1-3-5-12/h1-5,13,15,23H,6-11H2,(H,20,22). The van der Waals surface area contributed by atoms with Crippen molar-refractivity contribution >= 4 is 5.91 Å². The number of carbonyl (C=O) groups excluding carboxylic acids is 1. The van der Waals surface area contributed by atoms with Crippen LogP contribution in [0.2, 0.25) is 0 Å². The van der Waals surface area contributed by atoms with Gasteiger partial charge in [0.2, 0.25) is 5.91 Å². The molecule has 0 radical (unpaired) electrons. The van der Waals surface area contributed by atoms with Crippen LogP contribution in [0.5, 0.6) is 0 Å². The SMILES string of the molecule is O=C(CN1CCC(C(O)c2ccccc2)CC1)NCC(F)(F)F. The molecule has 0 spiro atoms. The van der Waals surface area contributed by atoms with E-state index in [-0.39, 0.29) is 12.5 Å². The molecule has 1 saturated heterocycles. The van der Waals surface area contributed by atoms with Gasteiger partial charge < -0.3 is 10.4 Å². The minimum atomic E-state index is -4.39. The van der Waals surface area contributed by atoms with Gasteiger partial charge in [-0.15, -0.1) is 0 Å². The van der Waals surface area contributed by atoms with Crippen molar-refractivity contribution in [3.05, 3.63) is 35.9 Å². The van der Waals surface area contributed by atoms with E-state index in [2.05, 4.69) is 0 Å². The maximum atomic E-state index is 12.0. The highest BCUT2D eigenvalue weighted by atomic mass is 19.4. The van der Waals surface area contributed by atoms with Crippen LogP contribution in [0.25, 0.3) is 0 Å². The summed E-state index contributed by atoms with van der Waals surface area (Å²) >= 11 is 0. The lowest BCUT2D eigenvalue weighted by Gasteiger charge is -2.34. The van der Waals surface area contributed by atoms with E-state index in [1.807, 2.05) is 40.5 Å². The molecule has 128 valence electrons. The molecule has 0 bridgehead atoms. The third-order valence-electron chi connectivity index (χ3n) is 4.07. The molecule has 2 rings (SSSR count). The lowest BCUT2D eigenvalue weighted by Crippen LogP contribution is -2.44. The minimum Gasteiger partial charge on any atom is -0.388 e. The van der Waals surface area contributed by atoms with Crippen molar-refractivity contribution in [2.45, 2.75) is 25.1 Å². The zero-order valence-corrected chi connectivity index (χ0v) is 12.7. The van der Waals surface area contributed by atoms with Crippen LogP contribution in [-0.4, -0.2) is 48.3 Å². The predicted molar refractivity (Wildman–Crippen MR) is 79.6 cm³/mol. The number of nitrogens with zero attached hydrogens (tertiary/aromatic N) is 1. The minimum absolute atomic E-state index is 0.0375. The number of nitrogens with one attached hydrogen (secondary N) is 1. The Kier molecular flexibility index (Phi) is 6.01. The summed E-state index contributed by atoms with van der Waals surface area (Å²) in [6.07, 6.45) is -3.51. The lowest BCUT2D eigenvalue weighted by atomic mass is 9.87. The Morgan fingerprint density at radius 1 is 1.26 bits per heavy atom. The zero-order valence-electron chi connectivity index (χ0n) is 12.7. The van der Waals surface area contributed by atoms with E-state index >= 15 is 0 Å². The molecule has 1 aromatic carbocycles. The van der Waals surface area contributed by atoms with Gasteiger partial charge in [-0.1, -0.05) is 30.3 Å². The van der Waals surface area contributed by atoms with Crippen molar-refractivity contribution in [1.29, 1.82) is 0 Å². The number of amides is 1. The molecule has 1 aliphatic rings. The number of benzene rings is 1. The molecule has 1 aromatic rings. The van der Waals surface area contributed by atoms with Crippen LogP contribution in [0.15, 0.2) is 30.3 Å². The summed E-state index contributed by atoms with van der Waals surface area (Å²) in [7, 11) is 0. The highest BCUT2D eigenvalue weighted by Gasteiger charge is 2.29. The Morgan fingerprint density at radius 2 is 1.87 bits per heavy atom. The van der Waals surface area contributed by atoms with Crippen molar-refractivity contribution in [3.63, 3.8) is 0 Å². The molecule has 1 atom stereocenters. The van der Waals surface area contributed by atoms with Crippen molar-refractivity contribution < 1.29 is 23.1 Å². The quantitative estimate of drug-likeness (QED) is 0.869. The predicted octanol–water partition coefficient (Wildman–Crippen LogP) is 2.11. The molecule has 2 N–H and O–H groups in total. The van der Waals surface area contributed by atoms with Crippen molar-refractivity contribution in [2.75, 3.05) is 26.2 Å². The van der Waals surface area contributed by atoms with E-state index in [4.69, 9.17) is 0 Å². The fraction of sp³-hybridized carbons (Fsp3) is 0.562. The third kappa shape index (κ3) is 5.84. The summed E-state index contributed by atoms with van der Waals surface area (Å²) < 4.78 is 36.1. The Morgan fingerprint density at radius 3 is 2.43 bits per heavy atom. The molecule has 0 aromatic heterocycles. The number of likely N-dealkylation sites (tertiary alicyclic amines) is 1. The van der Waals surface area contributed by atoms with Gasteiger partial charge >= 0.3 is 6.18 Å². The van der Waals surface area contributed by atoms with E-state index in [0.29, 0.717) is 25.9 Å². The molecule has 1 amide bonds. The maximum absolute atomic E-state index is 12.0. The fourth-order valence-corrected chi connectivity index (χ4v) is 2.81. The summed E-state index contributed by atoms with van der Waals surface area (Å²) in [6.45, 7) is -0.152. The summed E-state index contributed by atoms with van der Waals surface area (Å²) in [5, 5.41) is 12.2. The zero-order chi connectivity index (χ0) is 16.9. The van der Waals surface area contributed by atoms with Crippen LogP contribution in [0.4, 0.5) is 13.2 Å². The first-order valence-electron chi connectivity index (χ1n) is 7.64. The first kappa shape index (κ1) is 17.7. The van der Waals surface area contributed by atoms with Gasteiger partial charge in [0.25, 0.3) is 0 Å². The van der Waals surface area contributed by atoms with Crippen LogP contribution in [-0.2, 0) is 4.79 Å². The first-order chi connectivity index (χ1) is 10.8. The van der Waals surface area contributed by atoms with E-state index < -0.39 is 24.7 Å². The van der Waals surface area contributed by atoms with Gasteiger partial charge in [-0.05, 0) is 37.4 Å². The van der Waals surface area contributed by atoms with Crippen LogP contribution in [0.3, 0.4) is 0 Å². The van der Waals surface area contributed by atoms with Gasteiger partial charge in [0.05, 0.1) is 12.6 Å². The molecule has 4 nitrogen and oxygen atoms in total. The molecular formula is C16H21F3N2O2. The molecular weight excluding hydrogens is 309 g/mol. The largest absolute Gasteiger partial charge is 0.405 e. The number of aliphatic hydroxyl groups excluding tert-OH is 1. The van der Waals surface area contributed by atoms with Crippen LogP contribution in [0, 0.1) is 5.92 Å². The number of hydrogen-bond donors (Lipinski definition) is 2. The van der Waals surface area contributed by atoms with Gasteiger partial charge in [-0.3, -0.25) is 9.69 Å². The topological polar surface area (TPSA) is 52.6 Å². The Labute approximate surface area is 133 Å². The lowest BCUT2D eigenvalue weighted by molar-refractivity contribution is -0.139. The molecule has 0 aliphatic carbocycles. The number of halogens is 3. The van der Waals surface area contributed by atoms with Crippen LogP contribution < -0.4 is 5.32 Å². The average Bonchev–Trinajstić information content (AvgIpc) is 2.53. The number of hydrogen-bond acceptors (Lipinski definition) is 3. The summed E-state index contributed by atoms with van der Waals surface area (Å²) in [4.78, 5) is 13.3. The first-order valence-corrected chi connectivity index (χ1v) is 7.64. The number of piperidine rings is 1. The van der Waals surface area contributed by atoms with Crippen molar-refractivity contribution in [2.24, 2.45) is 5.92 Å². The second-order valence-corrected chi connectivity index (χ2v) is 5.86. The average molecular weight is 330 g/mol. The molecule has 1 aliphatic heterocycles. The fourth-order valence-electron chi connectivity index (χ4n) is 2.81. The van der Waals surface area contributed by atoms with Crippen LogP contribution >= 0.6 is 0 Å². The van der Waals surface area contributed by atoms with Crippen molar-refractivity contribution in [3.8, 4) is 0 Å². The number of aliphatic hydroxyl groups is 1. The van der Waals surface area contributed by atoms with E-state index in [1.165, 1.54) is 0 Å². The van der Waals surface area contributed by atoms with Crippen molar-refractivity contribution in [1.82, 2.24) is 10.2 Å². The summed E-state index contributed by atoms with van der Waals surface area (Å²) in [5.74, 6) is -0.517. The molecule has 7 heteroatoms. The van der Waals surface area contributed by atoms with Gasteiger partial charge in [0.1, 0.15) is 6.54 Å². The molecule has 23 heavy (non-hydrogen) atoms. The highest BCUT2D eigenvalue weighted by Crippen LogP contribution is 2.30. The molecule has 1 unspecified atom stereocenters. The smallest absolute Gasteiger partial charge is 0.388 e. The van der Waals surface area contributed by atoms with E-state index in [9.17, 15) is 23.1 Å². The third-order valence-corrected chi connectivity index (χ3v) is 4.07. The summed E-state index contributed by atoms with van der Waals surface area (Å²) in [5.41, 5.74) is 0.869. The Balaban J connectivity index is 1.74. The molecule has 1 heterocycles. The van der Waals surface area contributed by atoms with E-state index in [1.54, 1.807) is 0 Å². The monoisotopic (exact) mass is 330 g/mol. The highest BCUT2D eigenvalue weighted by molar-refractivity contribution is 5.78. The maximum Gasteiger partial charge on any atom is 0.405 e.